The van der Waals surface area contributed by atoms with Gasteiger partial charge in [0.1, 0.15) is 18.2 Å². The predicted octanol–water partition coefficient (Wildman–Crippen LogP) is 3.73. The molecule has 3 aromatic carbocycles. The highest BCUT2D eigenvalue weighted by Gasteiger charge is 2.09. The van der Waals surface area contributed by atoms with Crippen LogP contribution in [0, 0.1) is 5.82 Å². The Hall–Kier alpha value is -3.47. The molecule has 0 aromatic heterocycles. The Balaban J connectivity index is 1.63. The van der Waals surface area contributed by atoms with Gasteiger partial charge in [0.15, 0.2) is 5.78 Å². The number of carbonyl (C=O) groups is 2. The van der Waals surface area contributed by atoms with Gasteiger partial charge in [-0.2, -0.15) is 0 Å². The van der Waals surface area contributed by atoms with Gasteiger partial charge in [-0.05, 0) is 66.2 Å². The lowest BCUT2D eigenvalue weighted by atomic mass is 10.0. The van der Waals surface area contributed by atoms with Gasteiger partial charge in [-0.15, -0.1) is 0 Å². The first-order chi connectivity index (χ1) is 12.5. The van der Waals surface area contributed by atoms with E-state index in [2.05, 4.69) is 0 Å². The van der Waals surface area contributed by atoms with Crippen molar-refractivity contribution in [3.05, 3.63) is 101 Å². The van der Waals surface area contributed by atoms with Crippen LogP contribution in [0.4, 0.5) is 4.39 Å². The summed E-state index contributed by atoms with van der Waals surface area (Å²) in [5.41, 5.74) is 7.45. The molecule has 0 saturated heterocycles. The van der Waals surface area contributed by atoms with Gasteiger partial charge in [0.05, 0.1) is 0 Å². The third kappa shape index (κ3) is 4.13. The van der Waals surface area contributed by atoms with Crippen molar-refractivity contribution in [1.82, 2.24) is 0 Å². The molecule has 0 aliphatic heterocycles. The topological polar surface area (TPSA) is 69.4 Å². The Morgan fingerprint density at radius 1 is 0.769 bits per heavy atom. The van der Waals surface area contributed by atoms with Crippen molar-refractivity contribution in [2.45, 2.75) is 6.61 Å². The molecule has 0 atom stereocenters. The van der Waals surface area contributed by atoms with Crippen molar-refractivity contribution < 1.29 is 18.7 Å². The number of ketones is 1. The standard InChI is InChI=1S/C21H16FNO3/c22-18-9-5-15(6-10-18)20(24)16-7-11-19(12-8-16)26-13-14-1-3-17(4-2-14)21(23)25/h1-12H,13H2,(H2,23,25). The fourth-order valence-corrected chi connectivity index (χ4v) is 2.40. The average molecular weight is 349 g/mol. The summed E-state index contributed by atoms with van der Waals surface area (Å²) in [6, 6.07) is 19.0. The van der Waals surface area contributed by atoms with Crippen LogP contribution in [-0.4, -0.2) is 11.7 Å². The van der Waals surface area contributed by atoms with Gasteiger partial charge < -0.3 is 10.5 Å². The zero-order valence-corrected chi connectivity index (χ0v) is 13.8. The number of hydrogen-bond acceptors (Lipinski definition) is 3. The van der Waals surface area contributed by atoms with Gasteiger partial charge in [0.25, 0.3) is 0 Å². The number of benzene rings is 3. The normalized spacial score (nSPS) is 10.3. The number of amides is 1. The molecule has 3 aromatic rings. The first-order valence-electron chi connectivity index (χ1n) is 7.95. The second-order valence-corrected chi connectivity index (χ2v) is 5.71. The fraction of sp³-hybridized carbons (Fsp3) is 0.0476. The van der Waals surface area contributed by atoms with Gasteiger partial charge in [-0.3, -0.25) is 9.59 Å². The molecule has 1 amide bonds. The highest BCUT2D eigenvalue weighted by molar-refractivity contribution is 6.09. The minimum Gasteiger partial charge on any atom is -0.489 e. The number of rotatable bonds is 6. The number of primary amides is 1. The van der Waals surface area contributed by atoms with E-state index in [1.807, 2.05) is 0 Å². The summed E-state index contributed by atoms with van der Waals surface area (Å²) in [5.74, 6) is -0.425. The summed E-state index contributed by atoms with van der Waals surface area (Å²) in [6.45, 7) is 0.324. The summed E-state index contributed by atoms with van der Waals surface area (Å²) in [7, 11) is 0. The van der Waals surface area contributed by atoms with Crippen LogP contribution in [0.2, 0.25) is 0 Å². The summed E-state index contributed by atoms with van der Waals surface area (Å²) < 4.78 is 18.6. The molecule has 0 spiro atoms. The minimum absolute atomic E-state index is 0.182. The fourth-order valence-electron chi connectivity index (χ4n) is 2.40. The predicted molar refractivity (Wildman–Crippen MR) is 95.6 cm³/mol. The van der Waals surface area contributed by atoms with E-state index in [4.69, 9.17) is 10.5 Å². The van der Waals surface area contributed by atoms with Crippen molar-refractivity contribution in [2.75, 3.05) is 0 Å². The summed E-state index contributed by atoms with van der Waals surface area (Å²) >= 11 is 0. The largest absolute Gasteiger partial charge is 0.489 e. The van der Waals surface area contributed by atoms with E-state index in [0.717, 1.165) is 5.56 Å². The second-order valence-electron chi connectivity index (χ2n) is 5.71. The molecule has 0 saturated carbocycles. The molecular formula is C21H16FNO3. The summed E-state index contributed by atoms with van der Waals surface area (Å²) in [5, 5.41) is 0. The lowest BCUT2D eigenvalue weighted by Crippen LogP contribution is -2.10. The van der Waals surface area contributed by atoms with Crippen LogP contribution < -0.4 is 10.5 Å². The zero-order valence-electron chi connectivity index (χ0n) is 13.8. The Labute approximate surface area is 150 Å². The molecule has 130 valence electrons. The van der Waals surface area contributed by atoms with E-state index < -0.39 is 5.91 Å². The number of hydrogen-bond donors (Lipinski definition) is 1. The zero-order chi connectivity index (χ0) is 18.5. The van der Waals surface area contributed by atoms with E-state index in [0.29, 0.717) is 29.0 Å². The molecule has 0 heterocycles. The molecule has 0 unspecified atom stereocenters. The van der Waals surface area contributed by atoms with E-state index in [1.54, 1.807) is 48.5 Å². The molecule has 0 aliphatic carbocycles. The van der Waals surface area contributed by atoms with Crippen LogP contribution in [0.25, 0.3) is 0 Å². The maximum atomic E-state index is 12.9. The lowest BCUT2D eigenvalue weighted by molar-refractivity contribution is 0.0998. The second kappa shape index (κ2) is 7.61. The van der Waals surface area contributed by atoms with Gasteiger partial charge in [0.2, 0.25) is 5.91 Å². The van der Waals surface area contributed by atoms with Crippen LogP contribution in [-0.2, 0) is 6.61 Å². The van der Waals surface area contributed by atoms with Crippen LogP contribution in [0.1, 0.15) is 31.8 Å². The van der Waals surface area contributed by atoms with Crippen LogP contribution in [0.5, 0.6) is 5.75 Å². The number of halogens is 1. The van der Waals surface area contributed by atoms with E-state index >= 15 is 0 Å². The van der Waals surface area contributed by atoms with Crippen molar-refractivity contribution in [3.63, 3.8) is 0 Å². The Morgan fingerprint density at radius 3 is 1.81 bits per heavy atom. The first kappa shape index (κ1) is 17.4. The number of carbonyl (C=O) groups excluding carboxylic acids is 2. The molecule has 4 nitrogen and oxygen atoms in total. The van der Waals surface area contributed by atoms with Crippen molar-refractivity contribution in [3.8, 4) is 5.75 Å². The highest BCUT2D eigenvalue weighted by atomic mass is 19.1. The van der Waals surface area contributed by atoms with Crippen molar-refractivity contribution >= 4 is 11.7 Å². The quantitative estimate of drug-likeness (QED) is 0.689. The van der Waals surface area contributed by atoms with Gasteiger partial charge in [0, 0.05) is 16.7 Å². The Morgan fingerprint density at radius 2 is 1.27 bits per heavy atom. The van der Waals surface area contributed by atoms with E-state index in [-0.39, 0.29) is 11.6 Å². The van der Waals surface area contributed by atoms with Crippen LogP contribution in [0.15, 0.2) is 72.8 Å². The molecular weight excluding hydrogens is 333 g/mol. The highest BCUT2D eigenvalue weighted by Crippen LogP contribution is 2.17. The smallest absolute Gasteiger partial charge is 0.248 e. The SMILES string of the molecule is NC(=O)c1ccc(COc2ccc(C(=O)c3ccc(F)cc3)cc2)cc1. The first-order valence-corrected chi connectivity index (χ1v) is 7.95. The van der Waals surface area contributed by atoms with Crippen molar-refractivity contribution in [2.24, 2.45) is 5.73 Å². The number of nitrogens with two attached hydrogens (primary N) is 1. The molecule has 3 rings (SSSR count). The maximum Gasteiger partial charge on any atom is 0.248 e. The Kier molecular flexibility index (Phi) is 5.08. The van der Waals surface area contributed by atoms with Crippen LogP contribution >= 0.6 is 0 Å². The molecule has 0 radical (unpaired) electrons. The molecule has 26 heavy (non-hydrogen) atoms. The van der Waals surface area contributed by atoms with Gasteiger partial charge >= 0.3 is 0 Å². The third-order valence-electron chi connectivity index (χ3n) is 3.87. The van der Waals surface area contributed by atoms with Crippen LogP contribution in [0.3, 0.4) is 0 Å². The average Bonchev–Trinajstić information content (AvgIpc) is 2.67. The minimum atomic E-state index is -0.473. The van der Waals surface area contributed by atoms with Gasteiger partial charge in [-0.25, -0.2) is 4.39 Å². The maximum absolute atomic E-state index is 12.9. The van der Waals surface area contributed by atoms with E-state index in [1.165, 1.54) is 24.3 Å². The molecule has 0 aliphatic rings. The molecule has 0 fully saturated rings. The molecule has 2 N–H and O–H groups in total. The summed E-state index contributed by atoms with van der Waals surface area (Å²) in [6.07, 6.45) is 0. The molecule has 5 heteroatoms. The monoisotopic (exact) mass is 349 g/mol. The van der Waals surface area contributed by atoms with Crippen molar-refractivity contribution in [1.29, 1.82) is 0 Å². The number of ether oxygens (including phenoxy) is 1. The molecule has 0 bridgehead atoms. The Bertz CT molecular complexity index is 917. The van der Waals surface area contributed by atoms with Gasteiger partial charge in [-0.1, -0.05) is 12.1 Å². The third-order valence-corrected chi connectivity index (χ3v) is 3.87. The lowest BCUT2D eigenvalue weighted by Gasteiger charge is -2.08. The summed E-state index contributed by atoms with van der Waals surface area (Å²) in [4.78, 5) is 23.4. The van der Waals surface area contributed by atoms with E-state index in [9.17, 15) is 14.0 Å².